The minimum Gasteiger partial charge on any atom is -0.373 e. The number of hydrogen-bond acceptors (Lipinski definition) is 3. The van der Waals surface area contributed by atoms with Crippen molar-refractivity contribution in [1.29, 1.82) is 0 Å². The molecule has 1 aromatic carbocycles. The van der Waals surface area contributed by atoms with Gasteiger partial charge in [-0.15, -0.1) is 0 Å². The van der Waals surface area contributed by atoms with Crippen LogP contribution in [-0.4, -0.2) is 43.0 Å². The molecule has 3 aliphatic rings. The molecule has 4 nitrogen and oxygen atoms in total. The van der Waals surface area contributed by atoms with Crippen LogP contribution in [-0.2, 0) is 10.3 Å². The Morgan fingerprint density at radius 1 is 1.14 bits per heavy atom. The molecule has 1 amide bonds. The van der Waals surface area contributed by atoms with Crippen molar-refractivity contribution in [3.63, 3.8) is 0 Å². The number of carbonyl (C=O) groups excluding carboxylic acids is 1. The number of nitrogens with zero attached hydrogens (tertiary/aromatic N) is 1. The number of primary amides is 1. The number of fused-ring (bicyclic) bond motifs is 2. The highest BCUT2D eigenvalue weighted by molar-refractivity contribution is 5.92. The first-order chi connectivity index (χ1) is 13.4. The second-order valence-corrected chi connectivity index (χ2v) is 8.81. The summed E-state index contributed by atoms with van der Waals surface area (Å²) in [6, 6.07) is 7.78. The van der Waals surface area contributed by atoms with Gasteiger partial charge in [0.2, 0.25) is 11.8 Å². The molecule has 0 spiro atoms. The Bertz CT molecular complexity index is 715. The van der Waals surface area contributed by atoms with Gasteiger partial charge in [-0.2, -0.15) is 0 Å². The molecule has 1 aliphatic heterocycles. The fourth-order valence-electron chi connectivity index (χ4n) is 5.99. The number of piperidine rings is 1. The van der Waals surface area contributed by atoms with Gasteiger partial charge < -0.3 is 10.5 Å². The van der Waals surface area contributed by atoms with Crippen LogP contribution in [0.3, 0.4) is 0 Å². The van der Waals surface area contributed by atoms with Crippen molar-refractivity contribution in [2.75, 3.05) is 20.2 Å². The Morgan fingerprint density at radius 2 is 1.79 bits per heavy atom. The van der Waals surface area contributed by atoms with E-state index in [0.717, 1.165) is 37.9 Å². The van der Waals surface area contributed by atoms with E-state index in [9.17, 15) is 13.6 Å². The van der Waals surface area contributed by atoms with E-state index in [1.54, 1.807) is 13.2 Å². The molecular formula is C22H30F2N2O2. The fraction of sp³-hybridized carbons (Fsp3) is 0.682. The van der Waals surface area contributed by atoms with Gasteiger partial charge in [-0.1, -0.05) is 18.6 Å². The number of benzene rings is 1. The number of likely N-dealkylation sites (tertiary alicyclic amines) is 1. The first kappa shape index (κ1) is 19.8. The summed E-state index contributed by atoms with van der Waals surface area (Å²) < 4.78 is 33.4. The monoisotopic (exact) mass is 392 g/mol. The third kappa shape index (κ3) is 3.35. The van der Waals surface area contributed by atoms with E-state index < -0.39 is 17.4 Å². The van der Waals surface area contributed by atoms with Crippen LogP contribution in [0, 0.1) is 11.8 Å². The first-order valence-electron chi connectivity index (χ1n) is 10.4. The van der Waals surface area contributed by atoms with Crippen molar-refractivity contribution in [3.05, 3.63) is 35.4 Å². The van der Waals surface area contributed by atoms with Gasteiger partial charge >= 0.3 is 0 Å². The average Bonchev–Trinajstić information content (AvgIpc) is 2.67. The highest BCUT2D eigenvalue weighted by Crippen LogP contribution is 2.52. The first-order valence-corrected chi connectivity index (χ1v) is 10.4. The summed E-state index contributed by atoms with van der Waals surface area (Å²) in [6.45, 7) is 1.72. The third-order valence-corrected chi connectivity index (χ3v) is 7.37. The Labute approximate surface area is 165 Å². The summed E-state index contributed by atoms with van der Waals surface area (Å²) in [5.41, 5.74) is 6.60. The van der Waals surface area contributed by atoms with Crippen LogP contribution in [0.15, 0.2) is 24.3 Å². The van der Waals surface area contributed by atoms with Crippen molar-refractivity contribution >= 4 is 5.91 Å². The zero-order chi connectivity index (χ0) is 19.9. The van der Waals surface area contributed by atoms with Crippen molar-refractivity contribution < 1.29 is 18.3 Å². The number of hydrogen-bond donors (Lipinski definition) is 1. The smallest absolute Gasteiger partial charge is 0.248 e. The Morgan fingerprint density at radius 3 is 2.36 bits per heavy atom. The van der Waals surface area contributed by atoms with Gasteiger partial charge in [-0.3, -0.25) is 9.69 Å². The number of nitrogens with two attached hydrogens (primary N) is 1. The predicted molar refractivity (Wildman–Crippen MR) is 103 cm³/mol. The number of alkyl halides is 2. The minimum absolute atomic E-state index is 0.000419. The lowest BCUT2D eigenvalue weighted by Crippen LogP contribution is -2.61. The van der Waals surface area contributed by atoms with Gasteiger partial charge in [0.1, 0.15) is 5.60 Å². The maximum Gasteiger partial charge on any atom is 0.248 e. The molecule has 2 aliphatic carbocycles. The lowest BCUT2D eigenvalue weighted by molar-refractivity contribution is -0.178. The summed E-state index contributed by atoms with van der Waals surface area (Å²) in [5.74, 6) is -2.35. The molecular weight excluding hydrogens is 362 g/mol. The molecule has 2 unspecified atom stereocenters. The minimum atomic E-state index is -2.49. The lowest BCUT2D eigenvalue weighted by Gasteiger charge is -2.57. The van der Waals surface area contributed by atoms with Gasteiger partial charge in [0.25, 0.3) is 0 Å². The van der Waals surface area contributed by atoms with E-state index in [2.05, 4.69) is 4.90 Å². The normalized spacial score (nSPS) is 33.5. The van der Waals surface area contributed by atoms with Gasteiger partial charge in [-0.25, -0.2) is 8.78 Å². The zero-order valence-electron chi connectivity index (χ0n) is 16.5. The molecule has 0 radical (unpaired) electrons. The summed E-state index contributed by atoms with van der Waals surface area (Å²) >= 11 is 0. The number of ether oxygens (including phenoxy) is 1. The summed E-state index contributed by atoms with van der Waals surface area (Å²) in [6.07, 6.45) is 4.40. The number of halogens is 2. The number of rotatable bonds is 4. The van der Waals surface area contributed by atoms with Gasteiger partial charge in [0, 0.05) is 56.5 Å². The van der Waals surface area contributed by atoms with Crippen molar-refractivity contribution in [1.82, 2.24) is 4.90 Å². The lowest BCUT2D eigenvalue weighted by atomic mass is 9.62. The second-order valence-electron chi connectivity index (χ2n) is 8.81. The Kier molecular flexibility index (Phi) is 5.21. The molecule has 0 aromatic heterocycles. The number of carbonyl (C=O) groups is 1. The van der Waals surface area contributed by atoms with Crippen LogP contribution in [0.1, 0.15) is 60.9 Å². The van der Waals surface area contributed by atoms with Crippen molar-refractivity contribution in [2.45, 2.75) is 62.5 Å². The average molecular weight is 392 g/mol. The standard InChI is InChI=1S/C22H30F2N2O2/c1-28-22(16-5-2-4-15(12-16)20(25)27)17-6-3-7-18(22)14-26(13-17)19-8-10-21(23,24)11-9-19/h2,4-5,12,17-19H,3,6-11,13-14H2,1H3,(H2,25,27). The van der Waals surface area contributed by atoms with E-state index in [4.69, 9.17) is 10.5 Å². The van der Waals surface area contributed by atoms with E-state index >= 15 is 0 Å². The van der Waals surface area contributed by atoms with Crippen molar-refractivity contribution in [2.24, 2.45) is 17.6 Å². The predicted octanol–water partition coefficient (Wildman–Crippen LogP) is 3.94. The molecule has 1 heterocycles. The maximum atomic E-state index is 13.6. The number of methoxy groups -OCH3 is 1. The summed E-state index contributed by atoms with van der Waals surface area (Å²) in [7, 11) is 1.76. The third-order valence-electron chi connectivity index (χ3n) is 7.37. The van der Waals surface area contributed by atoms with Crippen LogP contribution in [0.5, 0.6) is 0 Å². The molecule has 154 valence electrons. The van der Waals surface area contributed by atoms with Crippen LogP contribution >= 0.6 is 0 Å². The van der Waals surface area contributed by atoms with E-state index in [0.29, 0.717) is 18.4 Å². The van der Waals surface area contributed by atoms with Crippen molar-refractivity contribution in [3.8, 4) is 0 Å². The van der Waals surface area contributed by atoms with Gasteiger partial charge in [0.15, 0.2) is 0 Å². The Hall–Kier alpha value is -1.53. The highest BCUT2D eigenvalue weighted by atomic mass is 19.3. The van der Waals surface area contributed by atoms with E-state index in [1.165, 1.54) is 0 Å². The van der Waals surface area contributed by atoms with Crippen LogP contribution < -0.4 is 5.73 Å². The van der Waals surface area contributed by atoms with E-state index in [1.807, 2.05) is 18.2 Å². The molecule has 2 saturated carbocycles. The second kappa shape index (κ2) is 7.38. The van der Waals surface area contributed by atoms with Crippen LogP contribution in [0.2, 0.25) is 0 Å². The molecule has 3 fully saturated rings. The Balaban J connectivity index is 1.61. The summed E-state index contributed by atoms with van der Waals surface area (Å²) in [4.78, 5) is 14.1. The molecule has 4 rings (SSSR count). The number of amides is 1. The summed E-state index contributed by atoms with van der Waals surface area (Å²) in [5, 5.41) is 0. The quantitative estimate of drug-likeness (QED) is 0.845. The van der Waals surface area contributed by atoms with Crippen LogP contribution in [0.4, 0.5) is 8.78 Å². The largest absolute Gasteiger partial charge is 0.373 e. The maximum absolute atomic E-state index is 13.6. The fourth-order valence-corrected chi connectivity index (χ4v) is 5.99. The molecule has 28 heavy (non-hydrogen) atoms. The molecule has 2 N–H and O–H groups in total. The molecule has 2 atom stereocenters. The molecule has 2 bridgehead atoms. The van der Waals surface area contributed by atoms with Crippen LogP contribution in [0.25, 0.3) is 0 Å². The highest BCUT2D eigenvalue weighted by Gasteiger charge is 2.54. The SMILES string of the molecule is COC1(c2cccc(C(N)=O)c2)C2CCCC1CN(C1CCC(F)(F)CC1)C2. The molecule has 1 saturated heterocycles. The van der Waals surface area contributed by atoms with Gasteiger partial charge in [0.05, 0.1) is 0 Å². The zero-order valence-corrected chi connectivity index (χ0v) is 16.5. The molecule has 6 heteroatoms. The van der Waals surface area contributed by atoms with E-state index in [-0.39, 0.29) is 30.7 Å². The van der Waals surface area contributed by atoms with Gasteiger partial charge in [-0.05, 0) is 43.4 Å². The topological polar surface area (TPSA) is 55.6 Å². The molecule has 1 aromatic rings.